The molecule has 2 aliphatic rings. The average Bonchev–Trinajstić information content (AvgIpc) is 3.19. The molecular weight excluding hydrogens is 386 g/mol. The van der Waals surface area contributed by atoms with Crippen LogP contribution in [0, 0.1) is 5.92 Å². The van der Waals surface area contributed by atoms with Gasteiger partial charge in [0.05, 0.1) is 25.9 Å². The van der Waals surface area contributed by atoms with Crippen molar-refractivity contribution < 1.29 is 18.7 Å². The Morgan fingerprint density at radius 2 is 2.10 bits per heavy atom. The maximum absolute atomic E-state index is 12.2. The van der Waals surface area contributed by atoms with Crippen LogP contribution in [0.25, 0.3) is 11.5 Å². The van der Waals surface area contributed by atoms with Gasteiger partial charge in [-0.2, -0.15) is 0 Å². The number of nitrogens with zero attached hydrogens (tertiary/aromatic N) is 3. The minimum atomic E-state index is 0.0670. The molecule has 30 heavy (non-hydrogen) atoms. The second-order valence-corrected chi connectivity index (χ2v) is 7.68. The molecule has 2 fully saturated rings. The van der Waals surface area contributed by atoms with Crippen molar-refractivity contribution in [1.29, 1.82) is 0 Å². The highest BCUT2D eigenvalue weighted by molar-refractivity contribution is 5.93. The van der Waals surface area contributed by atoms with Crippen molar-refractivity contribution in [2.24, 2.45) is 5.92 Å². The number of carbonyl (C=O) groups excluding carboxylic acids is 1. The quantitative estimate of drug-likeness (QED) is 0.603. The predicted molar refractivity (Wildman–Crippen MR) is 113 cm³/mol. The summed E-state index contributed by atoms with van der Waals surface area (Å²) in [5.41, 5.74) is 1.39. The number of nitrogens with one attached hydrogen (secondary N) is 2. The fraction of sp³-hybridized carbons (Fsp3) is 0.571. The zero-order chi connectivity index (χ0) is 20.8. The monoisotopic (exact) mass is 415 g/mol. The summed E-state index contributed by atoms with van der Waals surface area (Å²) in [4.78, 5) is 14.6. The van der Waals surface area contributed by atoms with Crippen LogP contribution >= 0.6 is 0 Å². The van der Waals surface area contributed by atoms with Crippen molar-refractivity contribution in [3.8, 4) is 17.2 Å². The van der Waals surface area contributed by atoms with Gasteiger partial charge in [0, 0.05) is 37.3 Å². The summed E-state index contributed by atoms with van der Waals surface area (Å²) in [7, 11) is 1.58. The summed E-state index contributed by atoms with van der Waals surface area (Å²) in [5, 5.41) is 14.3. The lowest BCUT2D eigenvalue weighted by Crippen LogP contribution is -2.37. The van der Waals surface area contributed by atoms with Crippen molar-refractivity contribution in [2.45, 2.75) is 25.7 Å². The van der Waals surface area contributed by atoms with E-state index in [1.165, 1.54) is 0 Å². The van der Waals surface area contributed by atoms with E-state index in [2.05, 4.69) is 25.7 Å². The van der Waals surface area contributed by atoms with Gasteiger partial charge in [-0.05, 0) is 37.9 Å². The number of benzene rings is 1. The van der Waals surface area contributed by atoms with E-state index in [0.29, 0.717) is 28.9 Å². The van der Waals surface area contributed by atoms with Crippen LogP contribution < -0.4 is 15.4 Å². The highest BCUT2D eigenvalue weighted by atomic mass is 16.5. The SMILES string of the molecule is COc1cc(NC(=O)C2CCC2)ccc1-c1nnc(NCCCN2CCOCC2)o1. The standard InChI is InChI=1S/C21H29N5O4/c1-28-18-14-16(23-19(27)15-4-2-5-15)6-7-17(18)20-24-25-21(30-20)22-8-3-9-26-10-12-29-13-11-26/h6-7,14-15H,2-5,8-13H2,1H3,(H,22,25)(H,23,27). The first-order valence-electron chi connectivity index (χ1n) is 10.6. The summed E-state index contributed by atoms with van der Waals surface area (Å²) < 4.78 is 16.6. The van der Waals surface area contributed by atoms with Crippen LogP contribution in [0.5, 0.6) is 5.75 Å². The first kappa shape index (κ1) is 20.6. The van der Waals surface area contributed by atoms with E-state index in [4.69, 9.17) is 13.9 Å². The molecule has 1 aromatic carbocycles. The average molecular weight is 415 g/mol. The fourth-order valence-electron chi connectivity index (χ4n) is 3.59. The smallest absolute Gasteiger partial charge is 0.315 e. The lowest BCUT2D eigenvalue weighted by molar-refractivity contribution is -0.122. The van der Waals surface area contributed by atoms with Gasteiger partial charge < -0.3 is 24.5 Å². The number of anilines is 2. The Hall–Kier alpha value is -2.65. The van der Waals surface area contributed by atoms with Gasteiger partial charge in [-0.3, -0.25) is 9.69 Å². The van der Waals surface area contributed by atoms with Crippen molar-refractivity contribution in [3.05, 3.63) is 18.2 Å². The molecule has 2 heterocycles. The molecule has 1 amide bonds. The molecule has 1 aliphatic heterocycles. The highest BCUT2D eigenvalue weighted by Gasteiger charge is 2.25. The van der Waals surface area contributed by atoms with Gasteiger partial charge in [-0.25, -0.2) is 0 Å². The van der Waals surface area contributed by atoms with Crippen LogP contribution in [0.1, 0.15) is 25.7 Å². The van der Waals surface area contributed by atoms with E-state index in [1.54, 1.807) is 13.2 Å². The zero-order valence-corrected chi connectivity index (χ0v) is 17.4. The Morgan fingerprint density at radius 3 is 2.83 bits per heavy atom. The number of rotatable bonds is 9. The molecule has 1 saturated heterocycles. The van der Waals surface area contributed by atoms with E-state index in [-0.39, 0.29) is 11.8 Å². The third-order valence-corrected chi connectivity index (χ3v) is 5.63. The molecule has 0 atom stereocenters. The van der Waals surface area contributed by atoms with E-state index in [9.17, 15) is 4.79 Å². The number of amides is 1. The van der Waals surface area contributed by atoms with Crippen LogP contribution in [0.3, 0.4) is 0 Å². The third kappa shape index (κ3) is 5.09. The third-order valence-electron chi connectivity index (χ3n) is 5.63. The number of ether oxygens (including phenoxy) is 2. The van der Waals surface area contributed by atoms with Crippen LogP contribution in [0.15, 0.2) is 22.6 Å². The predicted octanol–water partition coefficient (Wildman–Crippen LogP) is 2.62. The van der Waals surface area contributed by atoms with Crippen LogP contribution in [0.4, 0.5) is 11.7 Å². The van der Waals surface area contributed by atoms with Crippen molar-refractivity contribution in [1.82, 2.24) is 15.1 Å². The largest absolute Gasteiger partial charge is 0.496 e. The topological polar surface area (TPSA) is 102 Å². The molecule has 2 aromatic rings. The molecule has 1 aliphatic carbocycles. The Bertz CT molecular complexity index is 846. The second-order valence-electron chi connectivity index (χ2n) is 7.68. The van der Waals surface area contributed by atoms with Gasteiger partial charge >= 0.3 is 6.01 Å². The van der Waals surface area contributed by atoms with Gasteiger partial charge in [0.1, 0.15) is 5.75 Å². The summed E-state index contributed by atoms with van der Waals surface area (Å²) in [6.45, 7) is 5.36. The maximum Gasteiger partial charge on any atom is 0.315 e. The van der Waals surface area contributed by atoms with E-state index in [1.807, 2.05) is 12.1 Å². The molecule has 0 unspecified atom stereocenters. The number of aromatic nitrogens is 2. The summed E-state index contributed by atoms with van der Waals surface area (Å²) in [6.07, 6.45) is 4.04. The van der Waals surface area contributed by atoms with Crippen LogP contribution in [-0.4, -0.2) is 67.5 Å². The lowest BCUT2D eigenvalue weighted by Gasteiger charge is -2.26. The molecule has 0 spiro atoms. The van der Waals surface area contributed by atoms with Gasteiger partial charge in [-0.1, -0.05) is 11.5 Å². The van der Waals surface area contributed by atoms with Crippen LogP contribution in [0.2, 0.25) is 0 Å². The fourth-order valence-corrected chi connectivity index (χ4v) is 3.59. The van der Waals surface area contributed by atoms with Gasteiger partial charge in [0.2, 0.25) is 5.91 Å². The molecule has 9 nitrogen and oxygen atoms in total. The van der Waals surface area contributed by atoms with E-state index in [0.717, 1.165) is 65.1 Å². The number of hydrogen-bond acceptors (Lipinski definition) is 8. The Morgan fingerprint density at radius 1 is 1.27 bits per heavy atom. The lowest BCUT2D eigenvalue weighted by atomic mass is 9.85. The molecule has 1 aromatic heterocycles. The molecule has 9 heteroatoms. The minimum absolute atomic E-state index is 0.0670. The molecule has 0 bridgehead atoms. The first-order chi connectivity index (χ1) is 14.7. The molecule has 0 radical (unpaired) electrons. The van der Waals surface area contributed by atoms with Crippen LogP contribution in [-0.2, 0) is 9.53 Å². The highest BCUT2D eigenvalue weighted by Crippen LogP contribution is 2.33. The molecule has 162 valence electrons. The minimum Gasteiger partial charge on any atom is -0.496 e. The number of morpholine rings is 1. The van der Waals surface area contributed by atoms with Crippen molar-refractivity contribution >= 4 is 17.6 Å². The Labute approximate surface area is 176 Å². The zero-order valence-electron chi connectivity index (χ0n) is 17.4. The van der Waals surface area contributed by atoms with Gasteiger partial charge in [0.15, 0.2) is 0 Å². The van der Waals surface area contributed by atoms with Gasteiger partial charge in [-0.15, -0.1) is 5.10 Å². The maximum atomic E-state index is 12.2. The number of hydrogen-bond donors (Lipinski definition) is 2. The first-order valence-corrected chi connectivity index (χ1v) is 10.6. The Balaban J connectivity index is 1.32. The molecular formula is C21H29N5O4. The summed E-state index contributed by atoms with van der Waals surface area (Å²) >= 11 is 0. The Kier molecular flexibility index (Phi) is 6.81. The van der Waals surface area contributed by atoms with E-state index >= 15 is 0 Å². The summed E-state index contributed by atoms with van der Waals surface area (Å²) in [5.74, 6) is 1.14. The van der Waals surface area contributed by atoms with Gasteiger partial charge in [0.25, 0.3) is 5.89 Å². The molecule has 1 saturated carbocycles. The number of methoxy groups -OCH3 is 1. The van der Waals surface area contributed by atoms with Crippen molar-refractivity contribution in [3.63, 3.8) is 0 Å². The summed E-state index contributed by atoms with van der Waals surface area (Å²) in [6, 6.07) is 5.82. The molecule has 2 N–H and O–H groups in total. The molecule has 4 rings (SSSR count). The number of carbonyl (C=O) groups is 1. The normalized spacial score (nSPS) is 17.4. The second kappa shape index (κ2) is 9.90. The van der Waals surface area contributed by atoms with Crippen molar-refractivity contribution in [2.75, 3.05) is 57.1 Å². The van der Waals surface area contributed by atoms with E-state index < -0.39 is 0 Å².